The summed E-state index contributed by atoms with van der Waals surface area (Å²) in [5, 5.41) is 13.4. The van der Waals surface area contributed by atoms with Crippen molar-refractivity contribution in [3.8, 4) is 0 Å². The van der Waals surface area contributed by atoms with Gasteiger partial charge in [0.2, 0.25) is 0 Å². The number of halogens is 2. The first-order chi connectivity index (χ1) is 8.57. The normalized spacial score (nSPS) is 18.8. The van der Waals surface area contributed by atoms with Gasteiger partial charge >= 0.3 is 0 Å². The van der Waals surface area contributed by atoms with E-state index in [4.69, 9.17) is 4.74 Å². The second-order valence-corrected chi connectivity index (χ2v) is 5.63. The van der Waals surface area contributed by atoms with E-state index >= 15 is 0 Å². The van der Waals surface area contributed by atoms with Crippen LogP contribution in [0.3, 0.4) is 0 Å². The zero-order chi connectivity index (χ0) is 13.0. The molecular weight excluding hydrogens is 301 g/mol. The van der Waals surface area contributed by atoms with E-state index in [1.54, 1.807) is 0 Å². The lowest BCUT2D eigenvalue weighted by Gasteiger charge is -2.32. The Kier molecular flexibility index (Phi) is 4.72. The molecular formula is C13H17BrFNO2. The predicted molar refractivity (Wildman–Crippen MR) is 70.8 cm³/mol. The minimum absolute atomic E-state index is 0.258. The summed E-state index contributed by atoms with van der Waals surface area (Å²) in [5.74, 6) is -0.258. The highest BCUT2D eigenvalue weighted by atomic mass is 79.9. The molecule has 1 saturated heterocycles. The molecule has 18 heavy (non-hydrogen) atoms. The van der Waals surface area contributed by atoms with Gasteiger partial charge in [-0.15, -0.1) is 0 Å². The van der Waals surface area contributed by atoms with E-state index in [0.717, 1.165) is 10.0 Å². The summed E-state index contributed by atoms with van der Waals surface area (Å²) < 4.78 is 19.1. The van der Waals surface area contributed by atoms with Gasteiger partial charge in [-0.05, 0) is 23.8 Å². The maximum absolute atomic E-state index is 13.2. The lowest BCUT2D eigenvalue weighted by molar-refractivity contribution is -0.0617. The molecule has 0 aliphatic carbocycles. The molecule has 0 unspecified atom stereocenters. The van der Waals surface area contributed by atoms with Gasteiger partial charge in [-0.2, -0.15) is 0 Å². The van der Waals surface area contributed by atoms with E-state index in [2.05, 4.69) is 21.2 Å². The molecule has 3 nitrogen and oxygen atoms in total. The van der Waals surface area contributed by atoms with Gasteiger partial charge in [0.05, 0.1) is 5.60 Å². The summed E-state index contributed by atoms with van der Waals surface area (Å²) in [4.78, 5) is 0. The van der Waals surface area contributed by atoms with Crippen molar-refractivity contribution >= 4 is 15.9 Å². The largest absolute Gasteiger partial charge is 0.388 e. The fourth-order valence-electron chi connectivity index (χ4n) is 2.08. The van der Waals surface area contributed by atoms with Gasteiger partial charge in [0.15, 0.2) is 0 Å². The molecule has 0 atom stereocenters. The summed E-state index contributed by atoms with van der Waals surface area (Å²) in [6.07, 6.45) is 1.29. The van der Waals surface area contributed by atoms with E-state index in [0.29, 0.717) is 39.1 Å². The zero-order valence-corrected chi connectivity index (χ0v) is 11.7. The lowest BCUT2D eigenvalue weighted by Crippen LogP contribution is -2.44. The number of hydrogen-bond acceptors (Lipinski definition) is 3. The van der Waals surface area contributed by atoms with Crippen LogP contribution in [0, 0.1) is 5.82 Å². The van der Waals surface area contributed by atoms with Crippen LogP contribution in [0.1, 0.15) is 18.4 Å². The minimum atomic E-state index is -0.692. The maximum Gasteiger partial charge on any atom is 0.124 e. The van der Waals surface area contributed by atoms with Crippen molar-refractivity contribution in [3.05, 3.63) is 34.1 Å². The third kappa shape index (κ3) is 4.02. The van der Waals surface area contributed by atoms with Crippen molar-refractivity contribution < 1.29 is 14.2 Å². The molecule has 1 aromatic carbocycles. The molecule has 0 spiro atoms. The summed E-state index contributed by atoms with van der Waals surface area (Å²) in [6, 6.07) is 4.78. The van der Waals surface area contributed by atoms with Crippen LogP contribution in [0.4, 0.5) is 4.39 Å². The molecule has 2 rings (SSSR count). The van der Waals surface area contributed by atoms with E-state index in [9.17, 15) is 9.50 Å². The SMILES string of the molecule is OC1(CNCc2cc(F)cc(Br)c2)CCOCC1. The molecule has 0 amide bonds. The van der Waals surface area contributed by atoms with Gasteiger partial charge in [-0.3, -0.25) is 0 Å². The molecule has 0 aromatic heterocycles. The first-order valence-electron chi connectivity index (χ1n) is 6.03. The van der Waals surface area contributed by atoms with Crippen molar-refractivity contribution in [1.29, 1.82) is 0 Å². The first kappa shape index (κ1) is 13.9. The fourth-order valence-corrected chi connectivity index (χ4v) is 2.59. The van der Waals surface area contributed by atoms with Crippen LogP contribution in [-0.2, 0) is 11.3 Å². The topological polar surface area (TPSA) is 41.5 Å². The molecule has 1 aliphatic heterocycles. The van der Waals surface area contributed by atoms with Crippen LogP contribution in [-0.4, -0.2) is 30.5 Å². The molecule has 1 aromatic rings. The minimum Gasteiger partial charge on any atom is -0.388 e. The highest BCUT2D eigenvalue weighted by Gasteiger charge is 2.28. The monoisotopic (exact) mass is 317 g/mol. The van der Waals surface area contributed by atoms with Crippen LogP contribution in [0.15, 0.2) is 22.7 Å². The van der Waals surface area contributed by atoms with Crippen LogP contribution in [0.5, 0.6) is 0 Å². The highest BCUT2D eigenvalue weighted by Crippen LogP contribution is 2.20. The van der Waals surface area contributed by atoms with E-state index in [1.807, 2.05) is 6.07 Å². The average molecular weight is 318 g/mol. The third-order valence-corrected chi connectivity index (χ3v) is 3.59. The van der Waals surface area contributed by atoms with Crippen LogP contribution in [0.2, 0.25) is 0 Å². The molecule has 2 N–H and O–H groups in total. The van der Waals surface area contributed by atoms with Crippen molar-refractivity contribution in [2.45, 2.75) is 25.0 Å². The fraction of sp³-hybridized carbons (Fsp3) is 0.538. The Bertz CT molecular complexity index is 388. The van der Waals surface area contributed by atoms with E-state index < -0.39 is 5.60 Å². The molecule has 1 aliphatic rings. The lowest BCUT2D eigenvalue weighted by atomic mass is 9.94. The van der Waals surface area contributed by atoms with Crippen LogP contribution in [0.25, 0.3) is 0 Å². The third-order valence-electron chi connectivity index (χ3n) is 3.13. The molecule has 1 heterocycles. The molecule has 0 radical (unpaired) electrons. The Hall–Kier alpha value is -0.490. The molecule has 1 fully saturated rings. The maximum atomic E-state index is 13.2. The van der Waals surface area contributed by atoms with Gasteiger partial charge in [0, 0.05) is 43.6 Å². The first-order valence-corrected chi connectivity index (χ1v) is 6.83. The average Bonchev–Trinajstić information content (AvgIpc) is 2.28. The molecule has 0 bridgehead atoms. The Balaban J connectivity index is 1.84. The Morgan fingerprint density at radius 3 is 2.72 bits per heavy atom. The van der Waals surface area contributed by atoms with Crippen LogP contribution >= 0.6 is 15.9 Å². The van der Waals surface area contributed by atoms with Gasteiger partial charge in [-0.25, -0.2) is 4.39 Å². The number of rotatable bonds is 4. The Morgan fingerprint density at radius 1 is 1.33 bits per heavy atom. The van der Waals surface area contributed by atoms with Crippen molar-refractivity contribution in [1.82, 2.24) is 5.32 Å². The van der Waals surface area contributed by atoms with Crippen molar-refractivity contribution in [2.24, 2.45) is 0 Å². The quantitative estimate of drug-likeness (QED) is 0.894. The van der Waals surface area contributed by atoms with Gasteiger partial charge in [0.25, 0.3) is 0 Å². The van der Waals surface area contributed by atoms with Crippen molar-refractivity contribution in [2.75, 3.05) is 19.8 Å². The van der Waals surface area contributed by atoms with Crippen molar-refractivity contribution in [3.63, 3.8) is 0 Å². The molecule has 0 saturated carbocycles. The second kappa shape index (κ2) is 6.10. The number of ether oxygens (including phenoxy) is 1. The van der Waals surface area contributed by atoms with E-state index in [-0.39, 0.29) is 5.82 Å². The molecule has 100 valence electrons. The van der Waals surface area contributed by atoms with E-state index in [1.165, 1.54) is 12.1 Å². The standard InChI is InChI=1S/C13H17BrFNO2/c14-11-5-10(6-12(15)7-11)8-16-9-13(17)1-3-18-4-2-13/h5-7,16-17H,1-4,8-9H2. The smallest absolute Gasteiger partial charge is 0.124 e. The zero-order valence-electron chi connectivity index (χ0n) is 10.1. The Labute approximate surface area is 114 Å². The summed E-state index contributed by atoms with van der Waals surface area (Å²) in [6.45, 7) is 2.25. The number of benzene rings is 1. The summed E-state index contributed by atoms with van der Waals surface area (Å²) in [7, 11) is 0. The van der Waals surface area contributed by atoms with Gasteiger partial charge < -0.3 is 15.2 Å². The Morgan fingerprint density at radius 2 is 2.06 bits per heavy atom. The van der Waals surface area contributed by atoms with Crippen LogP contribution < -0.4 is 5.32 Å². The summed E-state index contributed by atoms with van der Waals surface area (Å²) in [5.41, 5.74) is 0.167. The second-order valence-electron chi connectivity index (χ2n) is 4.72. The number of aliphatic hydroxyl groups is 1. The highest BCUT2D eigenvalue weighted by molar-refractivity contribution is 9.10. The molecule has 5 heteroatoms. The number of nitrogens with one attached hydrogen (secondary N) is 1. The summed E-state index contributed by atoms with van der Waals surface area (Å²) >= 11 is 3.26. The van der Waals surface area contributed by atoms with Gasteiger partial charge in [0.1, 0.15) is 5.82 Å². The van der Waals surface area contributed by atoms with Gasteiger partial charge in [-0.1, -0.05) is 15.9 Å². The number of hydrogen-bond donors (Lipinski definition) is 2. The predicted octanol–water partition coefficient (Wildman–Crippen LogP) is 2.22.